The van der Waals surface area contributed by atoms with Crippen molar-refractivity contribution in [2.45, 2.75) is 89.7 Å². The molecule has 2 fully saturated rings. The van der Waals surface area contributed by atoms with Crippen LogP contribution in [0.25, 0.3) is 0 Å². The Bertz CT molecular complexity index is 2330. The molecular formula is C42H45Cl4F6N7O5. The van der Waals surface area contributed by atoms with E-state index in [0.29, 0.717) is 41.5 Å². The second-order valence-corrected chi connectivity index (χ2v) is 17.2. The van der Waals surface area contributed by atoms with Crippen LogP contribution >= 0.6 is 46.4 Å². The molecule has 0 aliphatic carbocycles. The fourth-order valence-electron chi connectivity index (χ4n) is 8.05. The van der Waals surface area contributed by atoms with Crippen LogP contribution in [0.5, 0.6) is 0 Å². The van der Waals surface area contributed by atoms with E-state index in [1.807, 2.05) is 26.0 Å². The van der Waals surface area contributed by atoms with Gasteiger partial charge in [0.1, 0.15) is 13.1 Å². The third kappa shape index (κ3) is 10.6. The number of hydrogen-bond donors (Lipinski definition) is 1. The standard InChI is InChI=1S/C23H27Cl2F3N4O2.C19H18Cl2F3N3O3/c1-4-30(5-2)21(34)22(16-6-8-17(24)9-7-16)10-12-31(13-11-22)18(33)14-32-15(3)19(25)20(29-32)23(26,27)28;1-11-15(21)16(19(22,23)24)25-27(11)10-14(28)26-8-6-18(7-9-26,17(29)30)12-2-4-13(20)5-3-12/h6-9H,4-5,10-14H2,1-3H3;2-5H,6-10H2,1H3,(H,29,30). The van der Waals surface area contributed by atoms with Gasteiger partial charge in [-0.15, -0.1) is 0 Å². The van der Waals surface area contributed by atoms with Gasteiger partial charge in [-0.3, -0.25) is 28.5 Å². The third-order valence-electron chi connectivity index (χ3n) is 12.0. The SMILES string of the molecule is CCN(CC)C(=O)C1(c2ccc(Cl)cc2)CCN(C(=O)Cn2nc(C(F)(F)F)c(Cl)c2C)CC1.Cc1c(Cl)c(C(F)(F)F)nn1CC(=O)N1CCC(C(=O)O)(c2ccc(Cl)cc2)CC1. The lowest BCUT2D eigenvalue weighted by Gasteiger charge is -2.43. The van der Waals surface area contributed by atoms with E-state index in [0.717, 1.165) is 14.9 Å². The molecule has 0 unspecified atom stereocenters. The summed E-state index contributed by atoms with van der Waals surface area (Å²) in [6.45, 7) is 7.80. The van der Waals surface area contributed by atoms with Crippen LogP contribution < -0.4 is 0 Å². The number of carbonyl (C=O) groups is 4. The first-order valence-corrected chi connectivity index (χ1v) is 21.6. The zero-order chi connectivity index (χ0) is 47.5. The van der Waals surface area contributed by atoms with E-state index < -0.39 is 63.0 Å². The molecule has 3 amide bonds. The zero-order valence-corrected chi connectivity index (χ0v) is 38.1. The number of alkyl halides is 6. The predicted molar refractivity (Wildman–Crippen MR) is 227 cm³/mol. The van der Waals surface area contributed by atoms with Crippen LogP contribution in [0.3, 0.4) is 0 Å². The fraction of sp³-hybridized carbons (Fsp3) is 0.476. The Balaban J connectivity index is 0.000000243. The lowest BCUT2D eigenvalue weighted by Crippen LogP contribution is -2.54. The average Bonchev–Trinajstić information content (AvgIpc) is 3.70. The summed E-state index contributed by atoms with van der Waals surface area (Å²) in [6, 6.07) is 13.7. The number of carboxylic acid groups (broad SMARTS) is 1. The third-order valence-corrected chi connectivity index (χ3v) is 13.4. The highest BCUT2D eigenvalue weighted by Crippen LogP contribution is 2.40. The second kappa shape index (κ2) is 19.9. The first kappa shape index (κ1) is 50.5. The molecule has 2 aromatic carbocycles. The molecule has 0 spiro atoms. The molecule has 0 radical (unpaired) electrons. The largest absolute Gasteiger partial charge is 0.481 e. The quantitative estimate of drug-likeness (QED) is 0.157. The summed E-state index contributed by atoms with van der Waals surface area (Å²) in [6.07, 6.45) is -8.30. The molecular weight excluding hydrogens is 938 g/mol. The van der Waals surface area contributed by atoms with E-state index in [-0.39, 0.29) is 68.8 Å². The van der Waals surface area contributed by atoms with Crippen molar-refractivity contribution in [3.63, 3.8) is 0 Å². The smallest absolute Gasteiger partial charge is 0.436 e. The highest BCUT2D eigenvalue weighted by atomic mass is 35.5. The molecule has 348 valence electrons. The van der Waals surface area contributed by atoms with Crippen molar-refractivity contribution in [2.75, 3.05) is 39.3 Å². The van der Waals surface area contributed by atoms with E-state index in [4.69, 9.17) is 46.4 Å². The van der Waals surface area contributed by atoms with E-state index in [9.17, 15) is 50.6 Å². The molecule has 4 aromatic rings. The Kier molecular flexibility index (Phi) is 15.7. The van der Waals surface area contributed by atoms with Gasteiger partial charge in [-0.25, -0.2) is 0 Å². The van der Waals surface area contributed by atoms with E-state index in [1.54, 1.807) is 46.2 Å². The van der Waals surface area contributed by atoms with Crippen molar-refractivity contribution < 1.29 is 50.6 Å². The van der Waals surface area contributed by atoms with Gasteiger partial charge in [0.15, 0.2) is 11.4 Å². The number of aromatic nitrogens is 4. The zero-order valence-electron chi connectivity index (χ0n) is 35.1. The maximum atomic E-state index is 13.6. The fourth-order valence-corrected chi connectivity index (χ4v) is 8.79. The number of aliphatic carboxylic acids is 1. The molecule has 6 rings (SSSR count). The molecule has 64 heavy (non-hydrogen) atoms. The number of halogens is 10. The molecule has 2 aliphatic heterocycles. The van der Waals surface area contributed by atoms with Gasteiger partial charge in [0.25, 0.3) is 0 Å². The number of piperidine rings is 2. The number of likely N-dealkylation sites (N-methyl/N-ethyl adjacent to an activating group) is 1. The molecule has 2 aliphatic rings. The van der Waals surface area contributed by atoms with Gasteiger partial charge in [-0.2, -0.15) is 36.5 Å². The Morgan fingerprint density at radius 1 is 0.625 bits per heavy atom. The van der Waals surface area contributed by atoms with Crippen LogP contribution in [0, 0.1) is 13.8 Å². The van der Waals surface area contributed by atoms with E-state index in [1.165, 1.54) is 18.7 Å². The lowest BCUT2D eigenvalue weighted by atomic mass is 9.71. The molecule has 4 heterocycles. The van der Waals surface area contributed by atoms with Gasteiger partial charge in [-0.05, 0) is 88.8 Å². The highest BCUT2D eigenvalue weighted by molar-refractivity contribution is 6.32. The minimum absolute atomic E-state index is 0.00329. The molecule has 2 saturated heterocycles. The van der Waals surface area contributed by atoms with Gasteiger partial charge in [0, 0.05) is 49.3 Å². The molecule has 0 atom stereocenters. The number of amides is 3. The summed E-state index contributed by atoms with van der Waals surface area (Å²) in [5.41, 5.74) is -2.86. The van der Waals surface area contributed by atoms with Crippen molar-refractivity contribution in [3.05, 3.63) is 103 Å². The Hall–Kier alpha value is -4.52. The minimum Gasteiger partial charge on any atom is -0.481 e. The monoisotopic (exact) mass is 981 g/mol. The van der Waals surface area contributed by atoms with Crippen LogP contribution in [0.1, 0.15) is 73.4 Å². The van der Waals surface area contributed by atoms with Gasteiger partial charge in [0.2, 0.25) is 17.7 Å². The number of nitrogens with zero attached hydrogens (tertiary/aromatic N) is 7. The predicted octanol–water partition coefficient (Wildman–Crippen LogP) is 9.11. The first-order chi connectivity index (χ1) is 29.9. The number of hydrogen-bond acceptors (Lipinski definition) is 6. The summed E-state index contributed by atoms with van der Waals surface area (Å²) in [4.78, 5) is 55.9. The van der Waals surface area contributed by atoms with Crippen LogP contribution in [0.2, 0.25) is 20.1 Å². The normalized spacial score (nSPS) is 16.2. The molecule has 12 nitrogen and oxygen atoms in total. The van der Waals surface area contributed by atoms with Crippen LogP contribution in [0.15, 0.2) is 48.5 Å². The van der Waals surface area contributed by atoms with E-state index in [2.05, 4.69) is 10.2 Å². The summed E-state index contributed by atoms with van der Waals surface area (Å²) in [5.74, 6) is -1.84. The average molecular weight is 984 g/mol. The number of carbonyl (C=O) groups excluding carboxylic acids is 3. The Morgan fingerprint density at radius 3 is 1.25 bits per heavy atom. The molecule has 0 bridgehead atoms. The van der Waals surface area contributed by atoms with Crippen LogP contribution in [-0.2, 0) is 55.5 Å². The van der Waals surface area contributed by atoms with Crippen molar-refractivity contribution in [3.8, 4) is 0 Å². The summed E-state index contributed by atoms with van der Waals surface area (Å²) >= 11 is 23.4. The topological polar surface area (TPSA) is 134 Å². The van der Waals surface area contributed by atoms with Gasteiger partial charge in [0.05, 0.1) is 32.3 Å². The van der Waals surface area contributed by atoms with Gasteiger partial charge >= 0.3 is 18.3 Å². The lowest BCUT2D eigenvalue weighted by molar-refractivity contribution is -0.148. The highest BCUT2D eigenvalue weighted by Gasteiger charge is 2.47. The van der Waals surface area contributed by atoms with Gasteiger partial charge < -0.3 is 19.8 Å². The number of rotatable bonds is 10. The number of benzene rings is 2. The van der Waals surface area contributed by atoms with Crippen molar-refractivity contribution in [2.24, 2.45) is 0 Å². The summed E-state index contributed by atoms with van der Waals surface area (Å²) in [5, 5.41) is 16.8. The second-order valence-electron chi connectivity index (χ2n) is 15.5. The molecule has 1 N–H and O–H groups in total. The minimum atomic E-state index is -4.72. The van der Waals surface area contributed by atoms with Crippen molar-refractivity contribution >= 4 is 70.1 Å². The van der Waals surface area contributed by atoms with Crippen molar-refractivity contribution in [1.29, 1.82) is 0 Å². The number of likely N-dealkylation sites (tertiary alicyclic amines) is 2. The maximum Gasteiger partial charge on any atom is 0.436 e. The Labute approximate surface area is 384 Å². The number of carboxylic acids is 1. The molecule has 22 heteroatoms. The Morgan fingerprint density at radius 2 is 0.953 bits per heavy atom. The van der Waals surface area contributed by atoms with Gasteiger partial charge in [-0.1, -0.05) is 70.7 Å². The van der Waals surface area contributed by atoms with Crippen LogP contribution in [-0.4, -0.2) is 102 Å². The van der Waals surface area contributed by atoms with E-state index >= 15 is 0 Å². The van der Waals surface area contributed by atoms with Crippen LogP contribution in [0.4, 0.5) is 26.3 Å². The maximum absolute atomic E-state index is 13.6. The molecule has 0 saturated carbocycles. The molecule has 2 aromatic heterocycles. The van der Waals surface area contributed by atoms with Crippen molar-refractivity contribution in [1.82, 2.24) is 34.3 Å². The first-order valence-electron chi connectivity index (χ1n) is 20.1. The summed E-state index contributed by atoms with van der Waals surface area (Å²) < 4.78 is 80.1. The summed E-state index contributed by atoms with van der Waals surface area (Å²) in [7, 11) is 0.